The molecular formula is C18H21N3O5. The highest BCUT2D eigenvalue weighted by Gasteiger charge is 2.06. The molecule has 8 heteroatoms. The first-order valence-electron chi connectivity index (χ1n) is 7.76. The lowest BCUT2D eigenvalue weighted by Gasteiger charge is -2.11. The average molecular weight is 359 g/mol. The molecule has 2 aromatic carbocycles. The van der Waals surface area contributed by atoms with E-state index in [1.807, 2.05) is 12.1 Å². The molecule has 3 amide bonds. The van der Waals surface area contributed by atoms with Crippen LogP contribution in [0.25, 0.3) is 0 Å². The predicted octanol–water partition coefficient (Wildman–Crippen LogP) is 3.20. The minimum atomic E-state index is -0.585. The minimum Gasteiger partial charge on any atom is -0.497 e. The Morgan fingerprint density at radius 2 is 1.50 bits per heavy atom. The van der Waals surface area contributed by atoms with Crippen LogP contribution in [0, 0.1) is 0 Å². The molecule has 0 spiro atoms. The fourth-order valence-corrected chi connectivity index (χ4v) is 2.17. The van der Waals surface area contributed by atoms with Crippen LogP contribution in [0.4, 0.5) is 21.0 Å². The Balaban J connectivity index is 1.95. The van der Waals surface area contributed by atoms with Crippen molar-refractivity contribution in [3.05, 3.63) is 48.0 Å². The lowest BCUT2D eigenvalue weighted by Crippen LogP contribution is -2.28. The summed E-state index contributed by atoms with van der Waals surface area (Å²) in [4.78, 5) is 23.3. The Morgan fingerprint density at radius 1 is 0.885 bits per heavy atom. The minimum absolute atomic E-state index is 0.291. The normalized spacial score (nSPS) is 9.81. The van der Waals surface area contributed by atoms with Gasteiger partial charge in [-0.25, -0.2) is 9.59 Å². The van der Waals surface area contributed by atoms with Crippen molar-refractivity contribution in [2.24, 2.45) is 0 Å². The highest BCUT2D eigenvalue weighted by Crippen LogP contribution is 2.22. The van der Waals surface area contributed by atoms with Gasteiger partial charge in [-0.05, 0) is 35.9 Å². The van der Waals surface area contributed by atoms with Crippen molar-refractivity contribution in [3.63, 3.8) is 0 Å². The second-order valence-corrected chi connectivity index (χ2v) is 5.23. The van der Waals surface area contributed by atoms with E-state index in [0.717, 1.165) is 5.56 Å². The van der Waals surface area contributed by atoms with Gasteiger partial charge in [0.2, 0.25) is 0 Å². The SMILES string of the molecule is COC(=O)Nc1cccc(NC(=O)NCc2cc(OC)cc(OC)c2)c1. The van der Waals surface area contributed by atoms with Gasteiger partial charge in [0, 0.05) is 24.0 Å². The zero-order valence-electron chi connectivity index (χ0n) is 14.8. The number of ether oxygens (including phenoxy) is 3. The molecule has 8 nitrogen and oxygen atoms in total. The van der Waals surface area contributed by atoms with Crippen LogP contribution in [0.15, 0.2) is 42.5 Å². The molecular weight excluding hydrogens is 338 g/mol. The van der Waals surface area contributed by atoms with Crippen LogP contribution in [0.5, 0.6) is 11.5 Å². The third-order valence-corrected chi connectivity index (χ3v) is 3.42. The highest BCUT2D eigenvalue weighted by atomic mass is 16.5. The lowest BCUT2D eigenvalue weighted by atomic mass is 10.2. The van der Waals surface area contributed by atoms with Gasteiger partial charge in [0.1, 0.15) is 11.5 Å². The summed E-state index contributed by atoms with van der Waals surface area (Å²) in [5, 5.41) is 7.97. The van der Waals surface area contributed by atoms with E-state index in [1.165, 1.54) is 7.11 Å². The second-order valence-electron chi connectivity index (χ2n) is 5.23. The van der Waals surface area contributed by atoms with Crippen LogP contribution < -0.4 is 25.4 Å². The molecule has 0 aromatic heterocycles. The molecule has 0 aliphatic heterocycles. The number of carbonyl (C=O) groups is 2. The van der Waals surface area contributed by atoms with Crippen LogP contribution in [-0.2, 0) is 11.3 Å². The van der Waals surface area contributed by atoms with Gasteiger partial charge < -0.3 is 24.8 Å². The summed E-state index contributed by atoms with van der Waals surface area (Å²) in [6.45, 7) is 0.291. The van der Waals surface area contributed by atoms with E-state index in [4.69, 9.17) is 9.47 Å². The molecule has 0 aliphatic rings. The number of hydrogen-bond donors (Lipinski definition) is 3. The van der Waals surface area contributed by atoms with Gasteiger partial charge in [-0.3, -0.25) is 5.32 Å². The third-order valence-electron chi connectivity index (χ3n) is 3.42. The van der Waals surface area contributed by atoms with Crippen molar-refractivity contribution in [3.8, 4) is 11.5 Å². The van der Waals surface area contributed by atoms with Gasteiger partial charge in [0.25, 0.3) is 0 Å². The van der Waals surface area contributed by atoms with Crippen LogP contribution >= 0.6 is 0 Å². The molecule has 26 heavy (non-hydrogen) atoms. The monoisotopic (exact) mass is 359 g/mol. The van der Waals surface area contributed by atoms with Gasteiger partial charge in [0.15, 0.2) is 0 Å². The van der Waals surface area contributed by atoms with Crippen molar-refractivity contribution < 1.29 is 23.8 Å². The average Bonchev–Trinajstić information content (AvgIpc) is 2.66. The van der Waals surface area contributed by atoms with Crippen molar-refractivity contribution in [2.45, 2.75) is 6.54 Å². The summed E-state index contributed by atoms with van der Waals surface area (Å²) in [5.74, 6) is 1.28. The largest absolute Gasteiger partial charge is 0.497 e. The van der Waals surface area contributed by atoms with Gasteiger partial charge in [-0.1, -0.05) is 6.07 Å². The number of hydrogen-bond acceptors (Lipinski definition) is 5. The zero-order chi connectivity index (χ0) is 18.9. The highest BCUT2D eigenvalue weighted by molar-refractivity contribution is 5.91. The smallest absolute Gasteiger partial charge is 0.411 e. The first kappa shape index (κ1) is 18.9. The summed E-state index contributed by atoms with van der Waals surface area (Å²) >= 11 is 0. The number of carbonyl (C=O) groups excluding carboxylic acids is 2. The number of methoxy groups -OCH3 is 3. The summed E-state index contributed by atoms with van der Waals surface area (Å²) in [7, 11) is 4.40. The number of amides is 3. The molecule has 0 bridgehead atoms. The first-order valence-corrected chi connectivity index (χ1v) is 7.76. The van der Waals surface area contributed by atoms with E-state index in [-0.39, 0.29) is 6.03 Å². The Kier molecular flexibility index (Phi) is 6.67. The Hall–Kier alpha value is -3.42. The van der Waals surface area contributed by atoms with E-state index in [1.54, 1.807) is 44.6 Å². The standard InChI is InChI=1S/C18H21N3O5/c1-24-15-7-12(8-16(10-15)25-2)11-19-17(22)20-13-5-4-6-14(9-13)21-18(23)26-3/h4-10H,11H2,1-3H3,(H,21,23)(H2,19,20,22). The lowest BCUT2D eigenvalue weighted by molar-refractivity contribution is 0.187. The summed E-state index contributed by atoms with van der Waals surface area (Å²) < 4.78 is 14.9. The molecule has 0 aliphatic carbocycles. The molecule has 0 fully saturated rings. The molecule has 2 aromatic rings. The van der Waals surface area contributed by atoms with Crippen LogP contribution in [0.2, 0.25) is 0 Å². The maximum absolute atomic E-state index is 12.1. The third kappa shape index (κ3) is 5.59. The molecule has 3 N–H and O–H groups in total. The van der Waals surface area contributed by atoms with E-state index in [2.05, 4.69) is 20.7 Å². The zero-order valence-corrected chi connectivity index (χ0v) is 14.8. The number of benzene rings is 2. The number of rotatable bonds is 6. The Labute approximate surface area is 151 Å². The van der Waals surface area contributed by atoms with E-state index in [0.29, 0.717) is 29.4 Å². The molecule has 0 saturated carbocycles. The fourth-order valence-electron chi connectivity index (χ4n) is 2.17. The van der Waals surface area contributed by atoms with E-state index in [9.17, 15) is 9.59 Å². The van der Waals surface area contributed by atoms with Crippen molar-refractivity contribution >= 4 is 23.5 Å². The summed E-state index contributed by atoms with van der Waals surface area (Å²) in [5.41, 5.74) is 1.87. The molecule has 0 heterocycles. The first-order chi connectivity index (χ1) is 12.5. The molecule has 0 atom stereocenters. The predicted molar refractivity (Wildman–Crippen MR) is 97.9 cm³/mol. The van der Waals surface area contributed by atoms with E-state index < -0.39 is 6.09 Å². The Bertz CT molecular complexity index is 757. The summed E-state index contributed by atoms with van der Waals surface area (Å²) in [6, 6.07) is 11.7. The molecule has 0 saturated heterocycles. The van der Waals surface area contributed by atoms with Crippen LogP contribution in [0.3, 0.4) is 0 Å². The van der Waals surface area contributed by atoms with Crippen molar-refractivity contribution in [1.82, 2.24) is 5.32 Å². The summed E-state index contributed by atoms with van der Waals surface area (Å²) in [6.07, 6.45) is -0.585. The van der Waals surface area contributed by atoms with Crippen LogP contribution in [-0.4, -0.2) is 33.5 Å². The number of urea groups is 1. The molecule has 0 unspecified atom stereocenters. The van der Waals surface area contributed by atoms with Gasteiger partial charge >= 0.3 is 12.1 Å². The maximum atomic E-state index is 12.1. The molecule has 2 rings (SSSR count). The second kappa shape index (κ2) is 9.16. The molecule has 138 valence electrons. The van der Waals surface area contributed by atoms with Crippen molar-refractivity contribution in [1.29, 1.82) is 0 Å². The van der Waals surface area contributed by atoms with E-state index >= 15 is 0 Å². The van der Waals surface area contributed by atoms with Crippen LogP contribution in [0.1, 0.15) is 5.56 Å². The topological polar surface area (TPSA) is 97.9 Å². The Morgan fingerprint density at radius 3 is 2.08 bits per heavy atom. The van der Waals surface area contributed by atoms with Gasteiger partial charge in [0.05, 0.1) is 21.3 Å². The van der Waals surface area contributed by atoms with Crippen molar-refractivity contribution in [2.75, 3.05) is 32.0 Å². The molecule has 0 radical (unpaired) electrons. The van der Waals surface area contributed by atoms with Gasteiger partial charge in [-0.2, -0.15) is 0 Å². The number of anilines is 2. The number of nitrogens with one attached hydrogen (secondary N) is 3. The quantitative estimate of drug-likeness (QED) is 0.736. The maximum Gasteiger partial charge on any atom is 0.411 e. The van der Waals surface area contributed by atoms with Gasteiger partial charge in [-0.15, -0.1) is 0 Å². The fraction of sp³-hybridized carbons (Fsp3) is 0.222.